The normalized spacial score (nSPS) is 18.3. The fraction of sp³-hybridized carbons (Fsp3) is 0.357. The van der Waals surface area contributed by atoms with Crippen LogP contribution in [-0.2, 0) is 15.7 Å². The molecule has 0 spiro atoms. The van der Waals surface area contributed by atoms with Crippen LogP contribution in [0.4, 0.5) is 28.4 Å². The fourth-order valence-electron chi connectivity index (χ4n) is 4.53. The van der Waals surface area contributed by atoms with E-state index >= 15 is 0 Å². The maximum atomic E-state index is 14.0. The number of ether oxygens (including phenoxy) is 1. The number of anilines is 1. The topological polar surface area (TPSA) is 90.7 Å². The molecule has 0 radical (unpaired) electrons. The van der Waals surface area contributed by atoms with Crippen molar-refractivity contribution in [2.24, 2.45) is 5.41 Å². The maximum Gasteiger partial charge on any atom is 0.418 e. The SMILES string of the molecule is CC(C)(C)COC(=O)N1C(=O)N(c2cccc(C(F)(F)F)c2)C2=C(C(=O)CCC2)C1c1ccc(C#N)cc1. The van der Waals surface area contributed by atoms with Crippen LogP contribution < -0.4 is 4.90 Å². The van der Waals surface area contributed by atoms with Crippen LogP contribution in [0.25, 0.3) is 0 Å². The van der Waals surface area contributed by atoms with Crippen molar-refractivity contribution in [1.29, 1.82) is 5.26 Å². The highest BCUT2D eigenvalue weighted by molar-refractivity contribution is 6.10. The van der Waals surface area contributed by atoms with Gasteiger partial charge in [0.25, 0.3) is 0 Å². The monoisotopic (exact) mass is 525 g/mol. The molecule has 0 N–H and O–H groups in total. The summed E-state index contributed by atoms with van der Waals surface area (Å²) >= 11 is 0. The number of allylic oxidation sites excluding steroid dienone is 1. The first-order chi connectivity index (χ1) is 17.8. The molecule has 0 aromatic heterocycles. The fourth-order valence-corrected chi connectivity index (χ4v) is 4.53. The highest BCUT2D eigenvalue weighted by atomic mass is 19.4. The van der Waals surface area contributed by atoms with Gasteiger partial charge in [-0.2, -0.15) is 18.4 Å². The van der Waals surface area contributed by atoms with Crippen molar-refractivity contribution in [3.05, 3.63) is 76.5 Å². The van der Waals surface area contributed by atoms with Gasteiger partial charge in [-0.05, 0) is 54.2 Å². The van der Waals surface area contributed by atoms with E-state index in [4.69, 9.17) is 4.74 Å². The number of carbonyl (C=O) groups excluding carboxylic acids is 3. The number of halogens is 3. The van der Waals surface area contributed by atoms with Crippen LogP contribution in [-0.4, -0.2) is 29.4 Å². The van der Waals surface area contributed by atoms with Gasteiger partial charge in [0.1, 0.15) is 6.04 Å². The minimum absolute atomic E-state index is 0.0425. The Morgan fingerprint density at radius 2 is 1.76 bits per heavy atom. The summed E-state index contributed by atoms with van der Waals surface area (Å²) in [5.74, 6) is -0.321. The highest BCUT2D eigenvalue weighted by Crippen LogP contribution is 2.45. The number of nitriles is 1. The Balaban J connectivity index is 1.93. The molecule has 0 saturated carbocycles. The van der Waals surface area contributed by atoms with Gasteiger partial charge in [-0.1, -0.05) is 39.0 Å². The van der Waals surface area contributed by atoms with Crippen molar-refractivity contribution in [1.82, 2.24) is 4.90 Å². The molecule has 2 aromatic rings. The third kappa shape index (κ3) is 5.28. The molecule has 3 amide bonds. The summed E-state index contributed by atoms with van der Waals surface area (Å²) < 4.78 is 46.0. The van der Waals surface area contributed by atoms with Crippen molar-refractivity contribution in [2.75, 3.05) is 11.5 Å². The standard InChI is InChI=1S/C28H26F3N3O4/c1-27(2,3)16-38-26(37)34-24(18-12-10-17(15-32)11-13-18)23-21(8-5-9-22(23)35)33(25(34)36)20-7-4-6-19(14-20)28(29,30)31/h4,6-7,10-14,24H,5,8-9,16H2,1-3H3. The molecule has 38 heavy (non-hydrogen) atoms. The molecular weight excluding hydrogens is 499 g/mol. The minimum Gasteiger partial charge on any atom is -0.448 e. The molecule has 0 bridgehead atoms. The third-order valence-electron chi connectivity index (χ3n) is 6.24. The summed E-state index contributed by atoms with van der Waals surface area (Å²) in [4.78, 5) is 42.6. The molecule has 7 nitrogen and oxygen atoms in total. The maximum absolute atomic E-state index is 14.0. The molecular formula is C28H26F3N3O4. The first-order valence-electron chi connectivity index (χ1n) is 12.1. The molecule has 1 aliphatic carbocycles. The van der Waals surface area contributed by atoms with Gasteiger partial charge in [-0.15, -0.1) is 0 Å². The summed E-state index contributed by atoms with van der Waals surface area (Å²) in [6.45, 7) is 5.45. The van der Waals surface area contributed by atoms with Crippen LogP contribution in [0.15, 0.2) is 59.8 Å². The molecule has 0 fully saturated rings. The highest BCUT2D eigenvalue weighted by Gasteiger charge is 2.48. The number of alkyl halides is 3. The second kappa shape index (κ2) is 9.97. The number of nitrogens with zero attached hydrogens (tertiary/aromatic N) is 3. The predicted molar refractivity (Wildman–Crippen MR) is 132 cm³/mol. The lowest BCUT2D eigenvalue weighted by Crippen LogP contribution is -2.54. The van der Waals surface area contributed by atoms with Crippen LogP contribution in [0.2, 0.25) is 0 Å². The Morgan fingerprint density at radius 1 is 1.08 bits per heavy atom. The Kier molecular flexibility index (Phi) is 7.06. The van der Waals surface area contributed by atoms with Gasteiger partial charge in [0.05, 0.1) is 29.5 Å². The number of carbonyl (C=O) groups is 3. The average Bonchev–Trinajstić information content (AvgIpc) is 2.86. The van der Waals surface area contributed by atoms with Crippen molar-refractivity contribution >= 4 is 23.6 Å². The lowest BCUT2D eigenvalue weighted by molar-refractivity contribution is -0.137. The lowest BCUT2D eigenvalue weighted by Gasteiger charge is -2.43. The molecule has 1 aliphatic heterocycles. The van der Waals surface area contributed by atoms with Crippen molar-refractivity contribution < 1.29 is 32.3 Å². The zero-order valence-corrected chi connectivity index (χ0v) is 21.1. The van der Waals surface area contributed by atoms with Crippen molar-refractivity contribution in [3.63, 3.8) is 0 Å². The summed E-state index contributed by atoms with van der Waals surface area (Å²) in [5, 5.41) is 9.20. The van der Waals surface area contributed by atoms with Crippen molar-refractivity contribution in [2.45, 2.75) is 52.3 Å². The number of imide groups is 1. The van der Waals surface area contributed by atoms with E-state index in [0.29, 0.717) is 17.5 Å². The lowest BCUT2D eigenvalue weighted by atomic mass is 9.83. The van der Waals surface area contributed by atoms with Crippen molar-refractivity contribution in [3.8, 4) is 6.07 Å². The summed E-state index contributed by atoms with van der Waals surface area (Å²) in [7, 11) is 0. The van der Waals surface area contributed by atoms with E-state index < -0.39 is 35.3 Å². The molecule has 198 valence electrons. The number of ketones is 1. The summed E-state index contributed by atoms with van der Waals surface area (Å²) in [5.41, 5.74) is -0.388. The summed E-state index contributed by atoms with van der Waals surface area (Å²) in [6, 6.07) is 10.2. The van der Waals surface area contributed by atoms with Crippen LogP contribution in [0.5, 0.6) is 0 Å². The van der Waals surface area contributed by atoms with Crippen LogP contribution in [0.1, 0.15) is 62.8 Å². The van der Waals surface area contributed by atoms with E-state index in [1.165, 1.54) is 24.3 Å². The number of hydrogen-bond acceptors (Lipinski definition) is 5. The molecule has 4 rings (SSSR count). The van der Waals surface area contributed by atoms with E-state index in [2.05, 4.69) is 0 Å². The average molecular weight is 526 g/mol. The van der Waals surface area contributed by atoms with Crippen LogP contribution >= 0.6 is 0 Å². The predicted octanol–water partition coefficient (Wildman–Crippen LogP) is 6.75. The van der Waals surface area contributed by atoms with Gasteiger partial charge in [0, 0.05) is 17.7 Å². The molecule has 1 heterocycles. The van der Waals surface area contributed by atoms with Gasteiger partial charge in [-0.3, -0.25) is 9.69 Å². The molecule has 0 saturated heterocycles. The molecule has 1 atom stereocenters. The Bertz CT molecular complexity index is 1350. The Morgan fingerprint density at radius 3 is 2.37 bits per heavy atom. The smallest absolute Gasteiger partial charge is 0.418 e. The Labute approximate surface area is 218 Å². The first kappa shape index (κ1) is 26.9. The number of Topliss-reactive ketones (excluding diaryl/α,β-unsaturated/α-hetero) is 1. The van der Waals surface area contributed by atoms with Gasteiger partial charge >= 0.3 is 18.3 Å². The largest absolute Gasteiger partial charge is 0.448 e. The van der Waals surface area contributed by atoms with Crippen LogP contribution in [0, 0.1) is 16.7 Å². The first-order valence-corrected chi connectivity index (χ1v) is 12.1. The minimum atomic E-state index is -4.66. The van der Waals surface area contributed by atoms with Gasteiger partial charge < -0.3 is 4.74 Å². The van der Waals surface area contributed by atoms with Crippen LogP contribution in [0.3, 0.4) is 0 Å². The number of benzene rings is 2. The zero-order chi connectivity index (χ0) is 27.8. The number of amides is 3. The third-order valence-corrected chi connectivity index (χ3v) is 6.24. The second-order valence-electron chi connectivity index (χ2n) is 10.4. The zero-order valence-electron chi connectivity index (χ0n) is 21.1. The van der Waals surface area contributed by atoms with Gasteiger partial charge in [0.15, 0.2) is 5.78 Å². The van der Waals surface area contributed by atoms with Gasteiger partial charge in [-0.25, -0.2) is 14.5 Å². The summed E-state index contributed by atoms with van der Waals surface area (Å²) in [6.07, 6.45) is -4.89. The van der Waals surface area contributed by atoms with E-state index in [0.717, 1.165) is 21.9 Å². The number of rotatable bonds is 3. The van der Waals surface area contributed by atoms with E-state index in [-0.39, 0.29) is 42.2 Å². The quantitative estimate of drug-likeness (QED) is 0.442. The molecule has 2 aliphatic rings. The van der Waals surface area contributed by atoms with Gasteiger partial charge in [0.2, 0.25) is 0 Å². The number of urea groups is 1. The van der Waals surface area contributed by atoms with E-state index in [1.807, 2.05) is 26.8 Å². The second-order valence-corrected chi connectivity index (χ2v) is 10.4. The Hall–Kier alpha value is -4.13. The number of hydrogen-bond donors (Lipinski definition) is 0. The van der Waals surface area contributed by atoms with E-state index in [1.54, 1.807) is 12.1 Å². The molecule has 10 heteroatoms. The molecule has 2 aromatic carbocycles. The van der Waals surface area contributed by atoms with E-state index in [9.17, 15) is 32.8 Å². The molecule has 1 unspecified atom stereocenters.